The summed E-state index contributed by atoms with van der Waals surface area (Å²) in [6, 6.07) is 7.05. The van der Waals surface area contributed by atoms with Crippen LogP contribution in [0.5, 0.6) is 5.75 Å². The van der Waals surface area contributed by atoms with Crippen molar-refractivity contribution in [1.82, 2.24) is 0 Å². The van der Waals surface area contributed by atoms with Gasteiger partial charge in [0.1, 0.15) is 29.8 Å². The zero-order valence-corrected chi connectivity index (χ0v) is 22.0. The number of benzene rings is 1. The molecular formula is C28H40O7. The van der Waals surface area contributed by atoms with E-state index < -0.39 is 11.4 Å². The fraction of sp³-hybridized carbons (Fsp3) is 0.607. The summed E-state index contributed by atoms with van der Waals surface area (Å²) in [5, 5.41) is 9.80. The van der Waals surface area contributed by atoms with Gasteiger partial charge in [-0.1, -0.05) is 46.8 Å². The highest BCUT2D eigenvalue weighted by Gasteiger charge is 2.40. The number of ketones is 2. The zero-order chi connectivity index (χ0) is 26.3. The highest BCUT2D eigenvalue weighted by Crippen LogP contribution is 2.41. The van der Waals surface area contributed by atoms with Crippen LogP contribution in [-0.2, 0) is 28.6 Å². The Hall–Kier alpha value is -2.67. The molecule has 5 atom stereocenters. The molecule has 1 aliphatic heterocycles. The van der Waals surface area contributed by atoms with Gasteiger partial charge in [-0.3, -0.25) is 14.4 Å². The number of rotatable bonds is 12. The van der Waals surface area contributed by atoms with Crippen LogP contribution in [0.25, 0.3) is 0 Å². The van der Waals surface area contributed by atoms with Gasteiger partial charge in [-0.15, -0.1) is 0 Å². The van der Waals surface area contributed by atoms with Gasteiger partial charge in [0.15, 0.2) is 5.78 Å². The molecule has 35 heavy (non-hydrogen) atoms. The number of phenols is 1. The smallest absolute Gasteiger partial charge is 0.313 e. The van der Waals surface area contributed by atoms with Gasteiger partial charge in [-0.2, -0.15) is 0 Å². The molecular weight excluding hydrogens is 448 g/mol. The van der Waals surface area contributed by atoms with Crippen molar-refractivity contribution in [1.29, 1.82) is 0 Å². The van der Waals surface area contributed by atoms with Crippen molar-refractivity contribution in [2.24, 2.45) is 23.2 Å². The average molecular weight is 489 g/mol. The van der Waals surface area contributed by atoms with Crippen molar-refractivity contribution in [2.45, 2.75) is 72.5 Å². The minimum Gasteiger partial charge on any atom is -0.508 e. The molecule has 194 valence electrons. The van der Waals surface area contributed by atoms with Crippen LogP contribution in [0, 0.1) is 23.2 Å². The van der Waals surface area contributed by atoms with Gasteiger partial charge >= 0.3 is 5.97 Å². The summed E-state index contributed by atoms with van der Waals surface area (Å²) in [5.74, 6) is -0.555. The molecule has 1 aromatic rings. The van der Waals surface area contributed by atoms with Crippen LogP contribution in [0.1, 0.15) is 72.0 Å². The Labute approximate surface area is 208 Å². The van der Waals surface area contributed by atoms with Crippen molar-refractivity contribution in [2.75, 3.05) is 14.2 Å². The minimum atomic E-state index is -0.560. The van der Waals surface area contributed by atoms with Crippen LogP contribution < -0.4 is 0 Å². The largest absolute Gasteiger partial charge is 0.508 e. The van der Waals surface area contributed by atoms with Gasteiger partial charge < -0.3 is 19.3 Å². The lowest BCUT2D eigenvalue weighted by Gasteiger charge is -2.39. The molecule has 1 N–H and O–H groups in total. The Morgan fingerprint density at radius 1 is 1.17 bits per heavy atom. The summed E-state index contributed by atoms with van der Waals surface area (Å²) in [5.41, 5.74) is 0.344. The molecule has 1 aromatic carbocycles. The quantitative estimate of drug-likeness (QED) is 0.320. The first kappa shape index (κ1) is 28.6. The number of allylic oxidation sites excluding steroid dienone is 2. The number of Topliss-reactive ketones (excluding diaryl/α,β-unsaturated/α-hetero) is 1. The molecule has 7 nitrogen and oxygen atoms in total. The van der Waals surface area contributed by atoms with Crippen molar-refractivity contribution >= 4 is 17.5 Å². The van der Waals surface area contributed by atoms with Gasteiger partial charge in [0.25, 0.3) is 0 Å². The topological polar surface area (TPSA) is 99.1 Å². The molecule has 0 fully saturated rings. The second kappa shape index (κ2) is 12.3. The molecule has 0 bridgehead atoms. The monoisotopic (exact) mass is 488 g/mol. The number of hydrogen-bond donors (Lipinski definition) is 1. The molecule has 0 radical (unpaired) electrons. The molecule has 2 rings (SSSR count). The Bertz CT molecular complexity index is 933. The maximum absolute atomic E-state index is 12.9. The molecule has 0 aromatic heterocycles. The van der Waals surface area contributed by atoms with E-state index in [-0.39, 0.29) is 53.7 Å². The number of ether oxygens (including phenoxy) is 3. The van der Waals surface area contributed by atoms with Crippen molar-refractivity contribution < 1.29 is 33.7 Å². The average Bonchev–Trinajstić information content (AvgIpc) is 2.80. The van der Waals surface area contributed by atoms with E-state index in [9.17, 15) is 19.5 Å². The van der Waals surface area contributed by atoms with E-state index in [0.29, 0.717) is 18.6 Å². The number of carbonyl (C=O) groups excluding carboxylic acids is 3. The van der Waals surface area contributed by atoms with Crippen LogP contribution in [0.4, 0.5) is 0 Å². The molecule has 0 unspecified atom stereocenters. The fourth-order valence-corrected chi connectivity index (χ4v) is 4.76. The third-order valence-corrected chi connectivity index (χ3v) is 7.03. The Morgan fingerprint density at radius 3 is 2.46 bits per heavy atom. The predicted molar refractivity (Wildman–Crippen MR) is 133 cm³/mol. The van der Waals surface area contributed by atoms with E-state index >= 15 is 0 Å². The van der Waals surface area contributed by atoms with Gasteiger partial charge in [-0.05, 0) is 42.9 Å². The highest BCUT2D eigenvalue weighted by molar-refractivity contribution is 5.96. The first-order valence-corrected chi connectivity index (χ1v) is 12.2. The lowest BCUT2D eigenvalue weighted by atomic mass is 9.76. The fourth-order valence-electron chi connectivity index (χ4n) is 4.76. The van der Waals surface area contributed by atoms with E-state index in [1.54, 1.807) is 38.3 Å². The summed E-state index contributed by atoms with van der Waals surface area (Å²) in [6.07, 6.45) is 2.75. The number of carbonyl (C=O) groups is 3. The molecule has 7 heteroatoms. The Kier molecular flexibility index (Phi) is 10.1. The van der Waals surface area contributed by atoms with E-state index in [2.05, 4.69) is 11.7 Å². The van der Waals surface area contributed by atoms with E-state index in [1.165, 1.54) is 7.11 Å². The van der Waals surface area contributed by atoms with E-state index in [0.717, 1.165) is 12.0 Å². The molecule has 0 spiro atoms. The van der Waals surface area contributed by atoms with Gasteiger partial charge in [0.05, 0.1) is 19.1 Å². The standard InChI is InChI=1S/C28H40O7/c1-17(11-12-24(33-6)20-9-8-10-21(29)13-20)27-19(3)23(31)14-25(35-27)28(4,5)16-18(2)22(30)15-26(32)34-7/h8-10,13-14,17-19,24,27,29H,11-12,15-16H2,1-7H3/t17-,18+,19-,24-,27+/m0/s1. The summed E-state index contributed by atoms with van der Waals surface area (Å²) in [4.78, 5) is 36.8. The van der Waals surface area contributed by atoms with Crippen molar-refractivity contribution in [3.8, 4) is 5.75 Å². The van der Waals surface area contributed by atoms with Gasteiger partial charge in [-0.25, -0.2) is 0 Å². The zero-order valence-electron chi connectivity index (χ0n) is 22.0. The van der Waals surface area contributed by atoms with Crippen LogP contribution >= 0.6 is 0 Å². The van der Waals surface area contributed by atoms with Crippen LogP contribution in [0.2, 0.25) is 0 Å². The van der Waals surface area contributed by atoms with Crippen LogP contribution in [0.3, 0.4) is 0 Å². The second-order valence-corrected chi connectivity index (χ2v) is 10.4. The lowest BCUT2D eigenvalue weighted by Crippen LogP contribution is -2.40. The Morgan fingerprint density at radius 2 is 1.86 bits per heavy atom. The Balaban J connectivity index is 2.08. The molecule has 1 heterocycles. The van der Waals surface area contributed by atoms with Crippen LogP contribution in [-0.4, -0.2) is 43.0 Å². The lowest BCUT2D eigenvalue weighted by molar-refractivity contribution is -0.144. The first-order chi connectivity index (χ1) is 16.4. The number of methoxy groups -OCH3 is 2. The van der Waals surface area contributed by atoms with E-state index in [4.69, 9.17) is 9.47 Å². The number of hydrogen-bond acceptors (Lipinski definition) is 7. The van der Waals surface area contributed by atoms with Crippen molar-refractivity contribution in [3.63, 3.8) is 0 Å². The first-order valence-electron chi connectivity index (χ1n) is 12.2. The van der Waals surface area contributed by atoms with Crippen LogP contribution in [0.15, 0.2) is 36.1 Å². The van der Waals surface area contributed by atoms with Gasteiger partial charge in [0, 0.05) is 24.5 Å². The summed E-state index contributed by atoms with van der Waals surface area (Å²) >= 11 is 0. The van der Waals surface area contributed by atoms with Crippen molar-refractivity contribution in [3.05, 3.63) is 41.7 Å². The SMILES string of the molecule is COC(=O)CC(=O)[C@H](C)CC(C)(C)C1=CC(=O)[C@H](C)[C@@H]([C@@H](C)CC[C@H](OC)c2cccc(O)c2)O1. The minimum absolute atomic E-state index is 0.0148. The second-order valence-electron chi connectivity index (χ2n) is 10.4. The third kappa shape index (κ3) is 7.66. The normalized spacial score (nSPS) is 20.9. The van der Waals surface area contributed by atoms with E-state index in [1.807, 2.05) is 26.8 Å². The molecule has 0 aliphatic carbocycles. The molecule has 1 aliphatic rings. The van der Waals surface area contributed by atoms with Gasteiger partial charge in [0.2, 0.25) is 0 Å². The predicted octanol–water partition coefficient (Wildman–Crippen LogP) is 5.17. The number of esters is 1. The third-order valence-electron chi connectivity index (χ3n) is 7.03. The maximum Gasteiger partial charge on any atom is 0.313 e. The molecule has 0 amide bonds. The summed E-state index contributed by atoms with van der Waals surface area (Å²) in [6.45, 7) is 9.65. The number of aromatic hydroxyl groups is 1. The molecule has 0 saturated carbocycles. The summed E-state index contributed by atoms with van der Waals surface area (Å²) < 4.78 is 16.7. The molecule has 0 saturated heterocycles. The number of phenolic OH excluding ortho intramolecular Hbond substituents is 1. The summed E-state index contributed by atoms with van der Waals surface area (Å²) in [7, 11) is 2.91. The highest BCUT2D eigenvalue weighted by atomic mass is 16.5. The maximum atomic E-state index is 12.9.